The molecule has 4 heteroatoms. The van der Waals surface area contributed by atoms with Crippen LogP contribution in [-0.4, -0.2) is 9.38 Å². The molecule has 1 N–H and O–H groups in total. The third kappa shape index (κ3) is 3.54. The van der Waals surface area contributed by atoms with Crippen molar-refractivity contribution in [3.63, 3.8) is 0 Å². The largest absolute Gasteiger partial charge is 0.351 e. The van der Waals surface area contributed by atoms with Crippen molar-refractivity contribution in [2.75, 3.05) is 0 Å². The summed E-state index contributed by atoms with van der Waals surface area (Å²) in [5.74, 6) is 0. The minimum Gasteiger partial charge on any atom is -0.351 e. The zero-order valence-electron chi connectivity index (χ0n) is 19.6. The number of para-hydroxylation sites is 1. The van der Waals surface area contributed by atoms with Crippen molar-refractivity contribution in [2.45, 2.75) is 32.7 Å². The number of hydrogen-bond donors (Lipinski definition) is 1. The van der Waals surface area contributed by atoms with E-state index in [-0.39, 0.29) is 5.41 Å². The SMILES string of the molecule is CC(C)(C)c1ccc(C[n+]2cn3ccc4c5ccccc5[nH]c4c3c2-c2ccc(Br)cc2)cc1. The van der Waals surface area contributed by atoms with Crippen molar-refractivity contribution in [3.05, 3.63) is 107 Å². The van der Waals surface area contributed by atoms with E-state index in [0.29, 0.717) is 0 Å². The predicted molar refractivity (Wildman–Crippen MR) is 144 cm³/mol. The zero-order valence-corrected chi connectivity index (χ0v) is 21.2. The molecule has 168 valence electrons. The number of nitrogens with zero attached hydrogens (tertiary/aromatic N) is 2. The molecule has 0 saturated heterocycles. The molecular formula is C30H27BrN3+. The quantitative estimate of drug-likeness (QED) is 0.237. The highest BCUT2D eigenvalue weighted by molar-refractivity contribution is 9.10. The van der Waals surface area contributed by atoms with Crippen molar-refractivity contribution in [3.8, 4) is 11.3 Å². The molecule has 0 aliphatic carbocycles. The third-order valence-corrected chi connectivity index (χ3v) is 7.24. The van der Waals surface area contributed by atoms with Crippen LogP contribution in [-0.2, 0) is 12.0 Å². The number of benzene rings is 3. The number of hydrogen-bond acceptors (Lipinski definition) is 0. The molecule has 3 aromatic carbocycles. The molecule has 3 nitrogen and oxygen atoms in total. The number of aromatic amines is 1. The number of nitrogens with one attached hydrogen (secondary N) is 1. The molecule has 0 aliphatic heterocycles. The summed E-state index contributed by atoms with van der Waals surface area (Å²) < 4.78 is 5.70. The van der Waals surface area contributed by atoms with Crippen LogP contribution >= 0.6 is 15.9 Å². The van der Waals surface area contributed by atoms with E-state index < -0.39 is 0 Å². The Morgan fingerprint density at radius 1 is 0.853 bits per heavy atom. The molecule has 3 aromatic heterocycles. The molecule has 0 atom stereocenters. The minimum atomic E-state index is 0.153. The van der Waals surface area contributed by atoms with Crippen LogP contribution in [0.25, 0.3) is 38.6 Å². The molecule has 0 amide bonds. The molecular weight excluding hydrogens is 482 g/mol. The maximum atomic E-state index is 3.70. The van der Waals surface area contributed by atoms with Gasteiger partial charge in [-0.3, -0.25) is 0 Å². The molecule has 3 heterocycles. The number of pyridine rings is 1. The van der Waals surface area contributed by atoms with Gasteiger partial charge in [0, 0.05) is 26.3 Å². The van der Waals surface area contributed by atoms with Crippen molar-refractivity contribution in [1.82, 2.24) is 9.38 Å². The summed E-state index contributed by atoms with van der Waals surface area (Å²) in [4.78, 5) is 3.70. The number of imidazole rings is 1. The summed E-state index contributed by atoms with van der Waals surface area (Å²) in [7, 11) is 0. The van der Waals surface area contributed by atoms with Crippen LogP contribution in [0.15, 0.2) is 95.9 Å². The lowest BCUT2D eigenvalue weighted by molar-refractivity contribution is -0.676. The summed E-state index contributed by atoms with van der Waals surface area (Å²) in [6.45, 7) is 7.58. The van der Waals surface area contributed by atoms with E-state index in [2.05, 4.69) is 142 Å². The Hall–Kier alpha value is -3.37. The van der Waals surface area contributed by atoms with Crippen LogP contribution in [0.4, 0.5) is 0 Å². The lowest BCUT2D eigenvalue weighted by Gasteiger charge is -2.19. The number of halogens is 1. The van der Waals surface area contributed by atoms with Gasteiger partial charge in [-0.1, -0.05) is 79.2 Å². The van der Waals surface area contributed by atoms with Crippen LogP contribution in [0.2, 0.25) is 0 Å². The number of rotatable bonds is 3. The lowest BCUT2D eigenvalue weighted by atomic mass is 9.87. The van der Waals surface area contributed by atoms with Gasteiger partial charge in [0.15, 0.2) is 5.69 Å². The van der Waals surface area contributed by atoms with Crippen LogP contribution in [0.3, 0.4) is 0 Å². The monoisotopic (exact) mass is 508 g/mol. The molecule has 0 fully saturated rings. The van der Waals surface area contributed by atoms with Crippen LogP contribution in [0.5, 0.6) is 0 Å². The zero-order chi connectivity index (χ0) is 23.4. The Morgan fingerprint density at radius 2 is 1.59 bits per heavy atom. The summed E-state index contributed by atoms with van der Waals surface area (Å²) in [5, 5.41) is 2.51. The highest BCUT2D eigenvalue weighted by Crippen LogP contribution is 2.33. The first-order chi connectivity index (χ1) is 16.4. The average Bonchev–Trinajstić information content (AvgIpc) is 3.37. The highest BCUT2D eigenvalue weighted by Gasteiger charge is 2.24. The van der Waals surface area contributed by atoms with Gasteiger partial charge in [0.2, 0.25) is 11.8 Å². The van der Waals surface area contributed by atoms with E-state index in [1.54, 1.807) is 0 Å². The standard InChI is InChI=1S/C30H27BrN3/c1-30(2,3)22-12-8-20(9-13-22)18-34-19-33-17-16-25-24-6-4-5-7-26(24)32-27(25)29(33)28(34)21-10-14-23(31)15-11-21/h4-17,19,32H,18H2,1-3H3/q+1. The molecule has 0 unspecified atom stereocenters. The fourth-order valence-corrected chi connectivity index (χ4v) is 5.16. The van der Waals surface area contributed by atoms with E-state index in [9.17, 15) is 0 Å². The molecule has 0 spiro atoms. The van der Waals surface area contributed by atoms with E-state index in [4.69, 9.17) is 0 Å². The molecule has 0 aliphatic rings. The van der Waals surface area contributed by atoms with Gasteiger partial charge < -0.3 is 4.98 Å². The summed E-state index contributed by atoms with van der Waals surface area (Å²) in [5.41, 5.74) is 8.74. The van der Waals surface area contributed by atoms with E-state index in [1.165, 1.54) is 44.2 Å². The molecule has 6 aromatic rings. The second-order valence-corrected chi connectivity index (χ2v) is 11.0. The van der Waals surface area contributed by atoms with Crippen molar-refractivity contribution in [2.24, 2.45) is 0 Å². The topological polar surface area (TPSA) is 24.1 Å². The van der Waals surface area contributed by atoms with Gasteiger partial charge in [-0.15, -0.1) is 0 Å². The molecule has 34 heavy (non-hydrogen) atoms. The Balaban J connectivity index is 1.58. The van der Waals surface area contributed by atoms with Crippen LogP contribution in [0.1, 0.15) is 31.9 Å². The minimum absolute atomic E-state index is 0.153. The first-order valence-electron chi connectivity index (χ1n) is 11.7. The second kappa shape index (κ2) is 7.85. The lowest BCUT2D eigenvalue weighted by Crippen LogP contribution is -2.34. The van der Waals surface area contributed by atoms with E-state index in [1.807, 2.05) is 0 Å². The molecule has 0 radical (unpaired) electrons. The van der Waals surface area contributed by atoms with Gasteiger partial charge >= 0.3 is 0 Å². The predicted octanol–water partition coefficient (Wildman–Crippen LogP) is 7.64. The smallest absolute Gasteiger partial charge is 0.249 e. The van der Waals surface area contributed by atoms with Gasteiger partial charge in [0.25, 0.3) is 0 Å². The van der Waals surface area contributed by atoms with Crippen molar-refractivity contribution < 1.29 is 4.57 Å². The Labute approximate surface area is 207 Å². The van der Waals surface area contributed by atoms with E-state index in [0.717, 1.165) is 16.5 Å². The second-order valence-electron chi connectivity index (χ2n) is 10.1. The molecule has 0 saturated carbocycles. The van der Waals surface area contributed by atoms with Gasteiger partial charge in [-0.2, -0.15) is 4.40 Å². The number of aromatic nitrogens is 3. The van der Waals surface area contributed by atoms with Gasteiger partial charge in [0.05, 0.1) is 11.7 Å². The summed E-state index contributed by atoms with van der Waals surface area (Å²) >= 11 is 3.60. The maximum absolute atomic E-state index is 3.70. The Bertz CT molecular complexity index is 1650. The number of fused-ring (bicyclic) bond motifs is 5. The number of H-pyrrole nitrogens is 1. The van der Waals surface area contributed by atoms with Crippen LogP contribution < -0.4 is 4.57 Å². The van der Waals surface area contributed by atoms with Gasteiger partial charge in [-0.05, 0) is 52.9 Å². The fraction of sp³-hybridized carbons (Fsp3) is 0.167. The maximum Gasteiger partial charge on any atom is 0.249 e. The first kappa shape index (κ1) is 21.2. The van der Waals surface area contributed by atoms with E-state index >= 15 is 0 Å². The van der Waals surface area contributed by atoms with Gasteiger partial charge in [-0.25, -0.2) is 4.57 Å². The molecule has 0 bridgehead atoms. The van der Waals surface area contributed by atoms with Gasteiger partial charge in [0.1, 0.15) is 6.54 Å². The van der Waals surface area contributed by atoms with Crippen LogP contribution in [0, 0.1) is 0 Å². The average molecular weight is 509 g/mol. The summed E-state index contributed by atoms with van der Waals surface area (Å²) in [6, 6.07) is 28.4. The fourth-order valence-electron chi connectivity index (χ4n) is 4.90. The summed E-state index contributed by atoms with van der Waals surface area (Å²) in [6.07, 6.45) is 4.40. The first-order valence-corrected chi connectivity index (χ1v) is 12.5. The van der Waals surface area contributed by atoms with Crippen molar-refractivity contribution in [1.29, 1.82) is 0 Å². The Kier molecular flexibility index (Phi) is 4.89. The Morgan fingerprint density at radius 3 is 2.32 bits per heavy atom. The molecule has 6 rings (SSSR count). The third-order valence-electron chi connectivity index (χ3n) is 6.71. The highest BCUT2D eigenvalue weighted by atomic mass is 79.9. The normalized spacial score (nSPS) is 12.2. The van der Waals surface area contributed by atoms with Crippen molar-refractivity contribution >= 4 is 43.3 Å².